The van der Waals surface area contributed by atoms with Gasteiger partial charge in [0.2, 0.25) is 0 Å². The molecule has 0 aliphatic carbocycles. The monoisotopic (exact) mass is 439 g/mol. The number of hydrogen-bond acceptors (Lipinski definition) is 5. The van der Waals surface area contributed by atoms with E-state index in [1.165, 1.54) is 19.3 Å². The minimum Gasteiger partial charge on any atom is -0.321 e. The zero-order chi connectivity index (χ0) is 22.5. The summed E-state index contributed by atoms with van der Waals surface area (Å²) in [5.41, 5.74) is 1.57. The Bertz CT molecular complexity index is 1440. The van der Waals surface area contributed by atoms with Crippen LogP contribution in [0.25, 0.3) is 45.1 Å². The molecule has 0 atom stereocenters. The molecule has 0 saturated heterocycles. The van der Waals surface area contributed by atoms with Crippen LogP contribution >= 0.6 is 0 Å². The molecule has 160 valence electrons. The van der Waals surface area contributed by atoms with Gasteiger partial charge < -0.3 is 4.98 Å². The normalized spacial score (nSPS) is 11.9. The molecule has 0 bridgehead atoms. The fourth-order valence-corrected chi connectivity index (χ4v) is 3.41. The van der Waals surface area contributed by atoms with Gasteiger partial charge in [0.15, 0.2) is 17.2 Å². The number of fused-ring (bicyclic) bond motifs is 1. The standard InChI is InChI=1S/C21H13F4N7/c1-32-16(8-17(31-32)21(23,24)25)20-28-15-7-13(12-4-6-27-10-14(12)22)18(29-19(15)30-20)11-3-2-5-26-9-11/h2-10H,1H3,(H,28,29,30). The molecule has 0 aliphatic heterocycles. The predicted molar refractivity (Wildman–Crippen MR) is 108 cm³/mol. The maximum atomic E-state index is 14.6. The van der Waals surface area contributed by atoms with Crippen LogP contribution in [0, 0.1) is 5.82 Å². The van der Waals surface area contributed by atoms with Crippen molar-refractivity contribution in [3.63, 3.8) is 0 Å². The van der Waals surface area contributed by atoms with E-state index < -0.39 is 17.7 Å². The number of rotatable bonds is 3. The van der Waals surface area contributed by atoms with E-state index >= 15 is 0 Å². The van der Waals surface area contributed by atoms with E-state index in [0.717, 1.165) is 16.9 Å². The summed E-state index contributed by atoms with van der Waals surface area (Å²) in [4.78, 5) is 19.8. The molecule has 0 amide bonds. The number of nitrogens with zero attached hydrogens (tertiary/aromatic N) is 6. The van der Waals surface area contributed by atoms with Crippen LogP contribution in [0.2, 0.25) is 0 Å². The molecule has 0 aromatic carbocycles. The summed E-state index contributed by atoms with van der Waals surface area (Å²) in [5.74, 6) is -0.390. The van der Waals surface area contributed by atoms with Gasteiger partial charge in [0, 0.05) is 42.3 Å². The molecule has 7 nitrogen and oxygen atoms in total. The van der Waals surface area contributed by atoms with Crippen LogP contribution in [0.15, 0.2) is 55.1 Å². The first kappa shape index (κ1) is 19.8. The SMILES string of the molecule is Cn1nc(C(F)(F)F)cc1-c1nc2cc(-c3ccncc3F)c(-c3cccnc3)nc2[nH]1. The lowest BCUT2D eigenvalue weighted by molar-refractivity contribution is -0.141. The number of nitrogens with one attached hydrogen (secondary N) is 1. The number of aromatic amines is 1. The van der Waals surface area contributed by atoms with Crippen molar-refractivity contribution in [2.75, 3.05) is 0 Å². The number of aromatic nitrogens is 7. The summed E-state index contributed by atoms with van der Waals surface area (Å²) < 4.78 is 54.8. The van der Waals surface area contributed by atoms with E-state index in [2.05, 4.69) is 30.0 Å². The van der Waals surface area contributed by atoms with Crippen LogP contribution in [0.1, 0.15) is 5.69 Å². The van der Waals surface area contributed by atoms with Crippen molar-refractivity contribution in [2.45, 2.75) is 6.18 Å². The molecule has 32 heavy (non-hydrogen) atoms. The Morgan fingerprint density at radius 3 is 2.47 bits per heavy atom. The van der Waals surface area contributed by atoms with Crippen LogP contribution in [0.5, 0.6) is 0 Å². The second-order valence-electron chi connectivity index (χ2n) is 6.97. The number of alkyl halides is 3. The summed E-state index contributed by atoms with van der Waals surface area (Å²) in [5, 5.41) is 3.52. The highest BCUT2D eigenvalue weighted by atomic mass is 19.4. The van der Waals surface area contributed by atoms with Gasteiger partial charge in [-0.05, 0) is 30.3 Å². The highest BCUT2D eigenvalue weighted by Crippen LogP contribution is 2.35. The Labute approximate surface area is 177 Å². The molecule has 11 heteroatoms. The van der Waals surface area contributed by atoms with Crippen molar-refractivity contribution in [2.24, 2.45) is 7.05 Å². The summed E-state index contributed by atoms with van der Waals surface area (Å²) in [7, 11) is 1.39. The van der Waals surface area contributed by atoms with Gasteiger partial charge in [0.1, 0.15) is 17.0 Å². The smallest absolute Gasteiger partial charge is 0.321 e. The highest BCUT2D eigenvalue weighted by molar-refractivity contribution is 5.89. The molecular formula is C21H13F4N7. The number of H-pyrrole nitrogens is 1. The molecule has 0 fully saturated rings. The van der Waals surface area contributed by atoms with Gasteiger partial charge in [0.25, 0.3) is 0 Å². The molecule has 5 aromatic rings. The minimum absolute atomic E-state index is 0.134. The van der Waals surface area contributed by atoms with Gasteiger partial charge in [-0.25, -0.2) is 14.4 Å². The molecule has 0 unspecified atom stereocenters. The minimum atomic E-state index is -4.58. The average Bonchev–Trinajstić information content (AvgIpc) is 3.36. The van der Waals surface area contributed by atoms with Gasteiger partial charge in [-0.3, -0.25) is 14.6 Å². The Kier molecular flexibility index (Phi) is 4.47. The fraction of sp³-hybridized carbons (Fsp3) is 0.0952. The lowest BCUT2D eigenvalue weighted by Crippen LogP contribution is -2.06. The molecule has 5 rings (SSSR count). The van der Waals surface area contributed by atoms with E-state index in [9.17, 15) is 17.6 Å². The lowest BCUT2D eigenvalue weighted by Gasteiger charge is -2.09. The highest BCUT2D eigenvalue weighted by Gasteiger charge is 2.35. The zero-order valence-electron chi connectivity index (χ0n) is 16.4. The van der Waals surface area contributed by atoms with Crippen molar-refractivity contribution in [1.82, 2.24) is 34.7 Å². The third-order valence-corrected chi connectivity index (χ3v) is 4.88. The average molecular weight is 439 g/mol. The van der Waals surface area contributed by atoms with Crippen LogP contribution in [-0.4, -0.2) is 34.7 Å². The van der Waals surface area contributed by atoms with E-state index in [1.807, 2.05) is 0 Å². The van der Waals surface area contributed by atoms with Crippen molar-refractivity contribution in [3.05, 3.63) is 66.6 Å². The van der Waals surface area contributed by atoms with E-state index in [4.69, 9.17) is 0 Å². The molecule has 1 N–H and O–H groups in total. The number of hydrogen-bond donors (Lipinski definition) is 1. The third kappa shape index (κ3) is 3.37. The second-order valence-corrected chi connectivity index (χ2v) is 6.97. The first-order chi connectivity index (χ1) is 15.3. The number of pyridine rings is 3. The molecule has 0 aliphatic rings. The topological polar surface area (TPSA) is 85.2 Å². The van der Waals surface area contributed by atoms with E-state index in [-0.39, 0.29) is 17.1 Å². The van der Waals surface area contributed by atoms with Crippen molar-refractivity contribution < 1.29 is 17.6 Å². The third-order valence-electron chi connectivity index (χ3n) is 4.88. The molecule has 0 saturated carbocycles. The molecule has 5 aromatic heterocycles. The van der Waals surface area contributed by atoms with Crippen LogP contribution in [0.4, 0.5) is 17.6 Å². The molecular weight excluding hydrogens is 426 g/mol. The van der Waals surface area contributed by atoms with Crippen molar-refractivity contribution >= 4 is 11.2 Å². The van der Waals surface area contributed by atoms with Gasteiger partial charge >= 0.3 is 6.18 Å². The maximum absolute atomic E-state index is 14.6. The Hall–Kier alpha value is -4.15. The van der Waals surface area contributed by atoms with Crippen LogP contribution in [0.3, 0.4) is 0 Å². The predicted octanol–water partition coefficient (Wildman–Crippen LogP) is 4.64. The summed E-state index contributed by atoms with van der Waals surface area (Å²) in [6, 6.07) is 7.55. The Balaban J connectivity index is 1.73. The number of aryl methyl sites for hydroxylation is 1. The number of halogens is 4. The summed E-state index contributed by atoms with van der Waals surface area (Å²) in [6.45, 7) is 0. The van der Waals surface area contributed by atoms with E-state index in [1.54, 1.807) is 30.6 Å². The van der Waals surface area contributed by atoms with Crippen molar-refractivity contribution in [1.29, 1.82) is 0 Å². The largest absolute Gasteiger partial charge is 0.435 e. The summed E-state index contributed by atoms with van der Waals surface area (Å²) >= 11 is 0. The Morgan fingerprint density at radius 2 is 1.78 bits per heavy atom. The van der Waals surface area contributed by atoms with Crippen LogP contribution in [-0.2, 0) is 13.2 Å². The second kappa shape index (κ2) is 7.22. The van der Waals surface area contributed by atoms with Gasteiger partial charge in [0.05, 0.1) is 11.9 Å². The number of imidazole rings is 1. The maximum Gasteiger partial charge on any atom is 0.435 e. The van der Waals surface area contributed by atoms with E-state index in [0.29, 0.717) is 28.0 Å². The first-order valence-corrected chi connectivity index (χ1v) is 9.34. The van der Waals surface area contributed by atoms with Gasteiger partial charge in [-0.15, -0.1) is 0 Å². The Morgan fingerprint density at radius 1 is 0.969 bits per heavy atom. The summed E-state index contributed by atoms with van der Waals surface area (Å²) in [6.07, 6.45) is 1.16. The van der Waals surface area contributed by atoms with Crippen LogP contribution < -0.4 is 0 Å². The van der Waals surface area contributed by atoms with Gasteiger partial charge in [-0.1, -0.05) is 0 Å². The van der Waals surface area contributed by atoms with Gasteiger partial charge in [-0.2, -0.15) is 18.3 Å². The quantitative estimate of drug-likeness (QED) is 0.414. The molecule has 0 radical (unpaired) electrons. The fourth-order valence-electron chi connectivity index (χ4n) is 3.41. The molecule has 0 spiro atoms. The lowest BCUT2D eigenvalue weighted by atomic mass is 10.0. The van der Waals surface area contributed by atoms with Crippen molar-refractivity contribution in [3.8, 4) is 33.9 Å². The molecule has 5 heterocycles. The first-order valence-electron chi connectivity index (χ1n) is 9.34. The zero-order valence-corrected chi connectivity index (χ0v) is 16.4.